The standard InChI is InChI=1S/C27H27ClN2O2S/c28-19-13-11-18(12-14-19)15-16-29-26(31)24-21-8-3-4-9-22(21)27(32)30(20-6-1-2-7-20)25(24)23-10-5-17-33-23/h3-5,8-14,17,20,24-25H,1-2,6-7,15-16H2,(H,29,31)/t24-,25+/m1/s1. The summed E-state index contributed by atoms with van der Waals surface area (Å²) in [6, 6.07) is 19.3. The highest BCUT2D eigenvalue weighted by atomic mass is 35.5. The van der Waals surface area contributed by atoms with Gasteiger partial charge in [-0.3, -0.25) is 9.59 Å². The zero-order chi connectivity index (χ0) is 22.8. The van der Waals surface area contributed by atoms with Crippen molar-refractivity contribution in [1.82, 2.24) is 10.2 Å². The molecule has 5 rings (SSSR count). The Bertz CT molecular complexity index is 1120. The van der Waals surface area contributed by atoms with Crippen molar-refractivity contribution in [3.05, 3.63) is 92.6 Å². The molecule has 2 aromatic carbocycles. The molecule has 6 heteroatoms. The lowest BCUT2D eigenvalue weighted by Gasteiger charge is -2.44. The average Bonchev–Trinajstić information content (AvgIpc) is 3.55. The molecule has 2 amide bonds. The van der Waals surface area contributed by atoms with Crippen LogP contribution in [0.15, 0.2) is 66.0 Å². The van der Waals surface area contributed by atoms with Gasteiger partial charge in [-0.1, -0.05) is 60.8 Å². The van der Waals surface area contributed by atoms with E-state index in [2.05, 4.69) is 11.4 Å². The van der Waals surface area contributed by atoms with Crippen molar-refractivity contribution in [2.24, 2.45) is 0 Å². The highest BCUT2D eigenvalue weighted by Crippen LogP contribution is 2.47. The number of benzene rings is 2. The van der Waals surface area contributed by atoms with Gasteiger partial charge in [-0.15, -0.1) is 11.3 Å². The number of thiophene rings is 1. The summed E-state index contributed by atoms with van der Waals surface area (Å²) in [5.74, 6) is -0.394. The maximum absolute atomic E-state index is 13.7. The molecule has 1 fully saturated rings. The second-order valence-electron chi connectivity index (χ2n) is 8.84. The van der Waals surface area contributed by atoms with E-state index >= 15 is 0 Å². The maximum Gasteiger partial charge on any atom is 0.254 e. The van der Waals surface area contributed by atoms with Crippen LogP contribution in [0.5, 0.6) is 0 Å². The minimum atomic E-state index is -0.427. The normalized spacial score (nSPS) is 20.6. The van der Waals surface area contributed by atoms with E-state index in [1.807, 2.05) is 64.9 Å². The summed E-state index contributed by atoms with van der Waals surface area (Å²) in [4.78, 5) is 30.5. The van der Waals surface area contributed by atoms with Crippen molar-refractivity contribution >= 4 is 34.8 Å². The molecular formula is C27H27ClN2O2S. The van der Waals surface area contributed by atoms with Crippen LogP contribution < -0.4 is 5.32 Å². The smallest absolute Gasteiger partial charge is 0.254 e. The van der Waals surface area contributed by atoms with Gasteiger partial charge in [0.25, 0.3) is 5.91 Å². The van der Waals surface area contributed by atoms with Crippen LogP contribution in [0.4, 0.5) is 0 Å². The van der Waals surface area contributed by atoms with Gasteiger partial charge in [-0.25, -0.2) is 0 Å². The molecule has 1 N–H and O–H groups in total. The van der Waals surface area contributed by atoms with Gasteiger partial charge in [0.2, 0.25) is 5.91 Å². The minimum absolute atomic E-state index is 0.0229. The van der Waals surface area contributed by atoms with E-state index in [0.717, 1.165) is 48.1 Å². The molecule has 1 aromatic heterocycles. The van der Waals surface area contributed by atoms with Crippen molar-refractivity contribution < 1.29 is 9.59 Å². The van der Waals surface area contributed by atoms with Gasteiger partial charge in [0, 0.05) is 28.0 Å². The van der Waals surface area contributed by atoms with E-state index < -0.39 is 5.92 Å². The van der Waals surface area contributed by atoms with Crippen LogP contribution in [0.2, 0.25) is 5.02 Å². The molecule has 2 aliphatic rings. The molecule has 1 saturated carbocycles. The average molecular weight is 479 g/mol. The van der Waals surface area contributed by atoms with Gasteiger partial charge < -0.3 is 10.2 Å². The van der Waals surface area contributed by atoms with E-state index in [-0.39, 0.29) is 23.9 Å². The summed E-state index contributed by atoms with van der Waals surface area (Å²) in [5.41, 5.74) is 2.62. The first-order valence-electron chi connectivity index (χ1n) is 11.6. The Kier molecular flexibility index (Phi) is 6.52. The molecule has 2 heterocycles. The van der Waals surface area contributed by atoms with E-state index in [4.69, 9.17) is 11.6 Å². The Balaban J connectivity index is 1.46. The molecule has 0 unspecified atom stereocenters. The number of amides is 2. The van der Waals surface area contributed by atoms with Crippen LogP contribution in [-0.4, -0.2) is 29.3 Å². The third-order valence-corrected chi connectivity index (χ3v) is 8.03. The molecule has 1 aliphatic carbocycles. The summed E-state index contributed by atoms with van der Waals surface area (Å²) < 4.78 is 0. The summed E-state index contributed by atoms with van der Waals surface area (Å²) >= 11 is 7.61. The number of carbonyl (C=O) groups is 2. The Morgan fingerprint density at radius 1 is 1.03 bits per heavy atom. The van der Waals surface area contributed by atoms with Gasteiger partial charge in [0.15, 0.2) is 0 Å². The highest BCUT2D eigenvalue weighted by Gasteiger charge is 2.47. The molecule has 0 saturated heterocycles. The minimum Gasteiger partial charge on any atom is -0.355 e. The fourth-order valence-corrected chi connectivity index (χ4v) is 6.26. The number of nitrogens with zero attached hydrogens (tertiary/aromatic N) is 1. The third kappa shape index (κ3) is 4.44. The van der Waals surface area contributed by atoms with Crippen molar-refractivity contribution in [2.45, 2.75) is 50.1 Å². The lowest BCUT2D eigenvalue weighted by atomic mass is 9.80. The van der Waals surface area contributed by atoms with Gasteiger partial charge in [-0.05, 0) is 60.0 Å². The number of nitrogens with one attached hydrogen (secondary N) is 1. The molecular weight excluding hydrogens is 452 g/mol. The predicted octanol–water partition coefficient (Wildman–Crippen LogP) is 5.98. The molecule has 3 aromatic rings. The maximum atomic E-state index is 13.7. The summed E-state index contributed by atoms with van der Waals surface area (Å²) in [6.45, 7) is 0.535. The number of fused-ring (bicyclic) bond motifs is 1. The Morgan fingerprint density at radius 2 is 1.79 bits per heavy atom. The zero-order valence-electron chi connectivity index (χ0n) is 18.4. The molecule has 0 spiro atoms. The van der Waals surface area contributed by atoms with E-state index in [0.29, 0.717) is 17.1 Å². The van der Waals surface area contributed by atoms with E-state index in [1.54, 1.807) is 11.3 Å². The van der Waals surface area contributed by atoms with Crippen LogP contribution in [0.25, 0.3) is 0 Å². The number of rotatable bonds is 6. The third-order valence-electron chi connectivity index (χ3n) is 6.84. The summed E-state index contributed by atoms with van der Waals surface area (Å²) in [5, 5.41) is 5.91. The first-order valence-corrected chi connectivity index (χ1v) is 12.9. The first-order chi connectivity index (χ1) is 16.1. The van der Waals surface area contributed by atoms with Gasteiger partial charge in [0.1, 0.15) is 0 Å². The van der Waals surface area contributed by atoms with E-state index in [9.17, 15) is 9.59 Å². The molecule has 170 valence electrons. The fraction of sp³-hybridized carbons (Fsp3) is 0.333. The summed E-state index contributed by atoms with van der Waals surface area (Å²) in [7, 11) is 0. The van der Waals surface area contributed by atoms with Crippen molar-refractivity contribution in [2.75, 3.05) is 6.54 Å². The Labute approximate surface area is 203 Å². The van der Waals surface area contributed by atoms with Crippen molar-refractivity contribution in [3.63, 3.8) is 0 Å². The van der Waals surface area contributed by atoms with Crippen LogP contribution in [0.3, 0.4) is 0 Å². The Morgan fingerprint density at radius 3 is 2.52 bits per heavy atom. The molecule has 0 bridgehead atoms. The number of carbonyl (C=O) groups excluding carboxylic acids is 2. The molecule has 4 nitrogen and oxygen atoms in total. The molecule has 1 aliphatic heterocycles. The van der Waals surface area contributed by atoms with Crippen LogP contribution in [0.1, 0.15) is 64.0 Å². The zero-order valence-corrected chi connectivity index (χ0v) is 19.9. The fourth-order valence-electron chi connectivity index (χ4n) is 5.27. The van der Waals surface area contributed by atoms with Gasteiger partial charge >= 0.3 is 0 Å². The van der Waals surface area contributed by atoms with E-state index in [1.165, 1.54) is 0 Å². The highest BCUT2D eigenvalue weighted by molar-refractivity contribution is 7.10. The lowest BCUT2D eigenvalue weighted by molar-refractivity contribution is -0.124. The quantitative estimate of drug-likeness (QED) is 0.473. The van der Waals surface area contributed by atoms with Crippen molar-refractivity contribution in [3.8, 4) is 0 Å². The Hall–Kier alpha value is -2.63. The van der Waals surface area contributed by atoms with Crippen LogP contribution in [0, 0.1) is 0 Å². The molecule has 0 radical (unpaired) electrons. The van der Waals surface area contributed by atoms with Crippen LogP contribution in [-0.2, 0) is 11.2 Å². The van der Waals surface area contributed by atoms with Gasteiger partial charge in [-0.2, -0.15) is 0 Å². The topological polar surface area (TPSA) is 49.4 Å². The monoisotopic (exact) mass is 478 g/mol. The first kappa shape index (κ1) is 22.2. The SMILES string of the molecule is O=C(NCCc1ccc(Cl)cc1)[C@@H]1c2ccccc2C(=O)N(C2CCCC2)[C@H]1c1cccs1. The molecule has 2 atom stereocenters. The second-order valence-corrected chi connectivity index (χ2v) is 10.3. The predicted molar refractivity (Wildman–Crippen MR) is 133 cm³/mol. The number of hydrogen-bond acceptors (Lipinski definition) is 3. The van der Waals surface area contributed by atoms with Crippen LogP contribution >= 0.6 is 22.9 Å². The lowest BCUT2D eigenvalue weighted by Crippen LogP contribution is -2.50. The van der Waals surface area contributed by atoms with Crippen molar-refractivity contribution in [1.29, 1.82) is 0 Å². The largest absolute Gasteiger partial charge is 0.355 e. The number of halogens is 1. The molecule has 33 heavy (non-hydrogen) atoms. The summed E-state index contributed by atoms with van der Waals surface area (Å²) in [6.07, 6.45) is 4.99. The number of hydrogen-bond donors (Lipinski definition) is 1. The second kappa shape index (κ2) is 9.70. The van der Waals surface area contributed by atoms with Gasteiger partial charge in [0.05, 0.1) is 12.0 Å².